The van der Waals surface area contributed by atoms with Gasteiger partial charge in [-0.05, 0) is 18.6 Å². The van der Waals surface area contributed by atoms with E-state index in [2.05, 4.69) is 5.32 Å². The highest BCUT2D eigenvalue weighted by Gasteiger charge is 2.30. The van der Waals surface area contributed by atoms with E-state index in [1.54, 1.807) is 12.1 Å². The van der Waals surface area contributed by atoms with E-state index >= 15 is 0 Å². The number of fused-ring (bicyclic) bond motifs is 1. The molecule has 0 spiro atoms. The summed E-state index contributed by atoms with van der Waals surface area (Å²) in [4.78, 5) is 10.7. The van der Waals surface area contributed by atoms with Crippen LogP contribution >= 0.6 is 0 Å². The molecule has 2 N–H and O–H groups in total. The highest BCUT2D eigenvalue weighted by Crippen LogP contribution is 2.32. The van der Waals surface area contributed by atoms with Crippen molar-refractivity contribution >= 4 is 21.5 Å². The minimum atomic E-state index is -3.41. The van der Waals surface area contributed by atoms with E-state index in [-0.39, 0.29) is 29.5 Å². The summed E-state index contributed by atoms with van der Waals surface area (Å²) in [5.74, 6) is -0.548. The Balaban J connectivity index is 2.27. The van der Waals surface area contributed by atoms with E-state index in [0.29, 0.717) is 11.4 Å². The predicted octanol–water partition coefficient (Wildman–Crippen LogP) is 1.13. The first kappa shape index (κ1) is 13.7. The highest BCUT2D eigenvalue weighted by atomic mass is 32.2. The molecule has 1 unspecified atom stereocenters. The smallest absolute Gasteiger partial charge is 0.303 e. The Hall–Kier alpha value is -1.76. The van der Waals surface area contributed by atoms with Crippen LogP contribution in [0.2, 0.25) is 0 Å². The van der Waals surface area contributed by atoms with Gasteiger partial charge in [-0.25, -0.2) is 8.42 Å². The summed E-state index contributed by atoms with van der Waals surface area (Å²) in [6.45, 7) is 0. The van der Waals surface area contributed by atoms with Crippen LogP contribution in [0.1, 0.15) is 12.8 Å². The second-order valence-electron chi connectivity index (χ2n) is 4.42. The van der Waals surface area contributed by atoms with Crippen LogP contribution in [-0.4, -0.2) is 38.4 Å². The maximum absolute atomic E-state index is 12.2. The number of carboxylic acid groups (broad SMARTS) is 1. The number of nitrogens with one attached hydrogen (secondary N) is 1. The third kappa shape index (κ3) is 2.98. The molecule has 0 saturated heterocycles. The first-order valence-electron chi connectivity index (χ1n) is 5.81. The average molecular weight is 285 g/mol. The minimum Gasteiger partial charge on any atom is -0.497 e. The molecule has 1 atom stereocenters. The van der Waals surface area contributed by atoms with Crippen LogP contribution in [0, 0.1) is 0 Å². The Kier molecular flexibility index (Phi) is 3.66. The lowest BCUT2D eigenvalue weighted by atomic mass is 10.1. The van der Waals surface area contributed by atoms with Gasteiger partial charge in [0.05, 0.1) is 23.4 Å². The second-order valence-corrected chi connectivity index (χ2v) is 6.42. The monoisotopic (exact) mass is 285 g/mol. The summed E-state index contributed by atoms with van der Waals surface area (Å²) in [6, 6.07) is 4.41. The van der Waals surface area contributed by atoms with Gasteiger partial charge >= 0.3 is 5.97 Å². The fraction of sp³-hybridized carbons (Fsp3) is 0.417. The van der Waals surface area contributed by atoms with Crippen LogP contribution in [-0.2, 0) is 14.6 Å². The first-order chi connectivity index (χ1) is 8.92. The first-order valence-corrected chi connectivity index (χ1v) is 7.47. The van der Waals surface area contributed by atoms with Crippen molar-refractivity contribution in [3.05, 3.63) is 18.2 Å². The molecule has 1 aromatic carbocycles. The van der Waals surface area contributed by atoms with Crippen molar-refractivity contribution in [2.75, 3.05) is 18.2 Å². The lowest BCUT2D eigenvalue weighted by molar-refractivity contribution is -0.137. The van der Waals surface area contributed by atoms with E-state index in [4.69, 9.17) is 9.84 Å². The quantitative estimate of drug-likeness (QED) is 0.861. The second kappa shape index (κ2) is 5.08. The molecule has 6 nitrogen and oxygen atoms in total. The zero-order valence-corrected chi connectivity index (χ0v) is 11.2. The molecular weight excluding hydrogens is 270 g/mol. The topological polar surface area (TPSA) is 92.7 Å². The molecule has 0 aliphatic carbocycles. The van der Waals surface area contributed by atoms with E-state index in [0.717, 1.165) is 0 Å². The standard InChI is InChI=1S/C12H15NO5S/c1-18-9-3-4-10-11(6-9)19(16,17)7-8(13-10)2-5-12(14)15/h3-4,6,8,13H,2,5,7H2,1H3,(H,14,15). The molecule has 1 aliphatic rings. The molecule has 1 aliphatic heterocycles. The maximum Gasteiger partial charge on any atom is 0.303 e. The molecule has 7 heteroatoms. The van der Waals surface area contributed by atoms with Crippen LogP contribution in [0.5, 0.6) is 5.75 Å². The van der Waals surface area contributed by atoms with Crippen LogP contribution in [0.25, 0.3) is 0 Å². The van der Waals surface area contributed by atoms with Crippen molar-refractivity contribution in [1.29, 1.82) is 0 Å². The summed E-state index contributed by atoms with van der Waals surface area (Å²) in [7, 11) is -1.93. The number of carbonyl (C=O) groups is 1. The van der Waals surface area contributed by atoms with Gasteiger partial charge < -0.3 is 15.2 Å². The molecule has 1 heterocycles. The Morgan fingerprint density at radius 1 is 1.53 bits per heavy atom. The van der Waals surface area contributed by atoms with Gasteiger partial charge in [0.2, 0.25) is 0 Å². The molecule has 104 valence electrons. The molecular formula is C12H15NO5S. The Bertz CT molecular complexity index is 596. The number of anilines is 1. The van der Waals surface area contributed by atoms with E-state index < -0.39 is 15.8 Å². The number of hydrogen-bond acceptors (Lipinski definition) is 5. The van der Waals surface area contributed by atoms with Crippen LogP contribution in [0.15, 0.2) is 23.1 Å². The fourth-order valence-corrected chi connectivity index (χ4v) is 3.79. The maximum atomic E-state index is 12.2. The molecule has 0 saturated carbocycles. The van der Waals surface area contributed by atoms with Crippen molar-refractivity contribution in [3.8, 4) is 5.75 Å². The fourth-order valence-electron chi connectivity index (χ4n) is 2.08. The largest absolute Gasteiger partial charge is 0.497 e. The zero-order chi connectivity index (χ0) is 14.0. The molecule has 0 radical (unpaired) electrons. The third-order valence-electron chi connectivity index (χ3n) is 3.01. The van der Waals surface area contributed by atoms with E-state index in [9.17, 15) is 13.2 Å². The zero-order valence-electron chi connectivity index (χ0n) is 10.4. The van der Waals surface area contributed by atoms with Crippen LogP contribution in [0.3, 0.4) is 0 Å². The Labute approximate surface area is 111 Å². The number of methoxy groups -OCH3 is 1. The van der Waals surface area contributed by atoms with E-state index in [1.807, 2.05) is 0 Å². The number of hydrogen-bond donors (Lipinski definition) is 2. The summed E-state index contributed by atoms with van der Waals surface area (Å²) >= 11 is 0. The summed E-state index contributed by atoms with van der Waals surface area (Å²) in [6.07, 6.45) is 0.221. The SMILES string of the molecule is COc1ccc2c(c1)S(=O)(=O)CC(CCC(=O)O)N2. The molecule has 2 rings (SSSR count). The number of rotatable bonds is 4. The lowest BCUT2D eigenvalue weighted by Gasteiger charge is -2.26. The van der Waals surface area contributed by atoms with Crippen LogP contribution < -0.4 is 10.1 Å². The Morgan fingerprint density at radius 3 is 2.89 bits per heavy atom. The van der Waals surface area contributed by atoms with Gasteiger partial charge in [0.25, 0.3) is 0 Å². The van der Waals surface area contributed by atoms with E-state index in [1.165, 1.54) is 13.2 Å². The van der Waals surface area contributed by atoms with Gasteiger partial charge in [0.15, 0.2) is 9.84 Å². The van der Waals surface area contributed by atoms with Crippen molar-refractivity contribution in [3.63, 3.8) is 0 Å². The number of aliphatic carboxylic acids is 1. The number of carboxylic acids is 1. The van der Waals surface area contributed by atoms with Crippen molar-refractivity contribution in [2.24, 2.45) is 0 Å². The normalized spacial score (nSPS) is 20.2. The van der Waals surface area contributed by atoms with Gasteiger partial charge in [0, 0.05) is 18.5 Å². The highest BCUT2D eigenvalue weighted by molar-refractivity contribution is 7.91. The summed E-state index contributed by atoms with van der Waals surface area (Å²) in [5, 5.41) is 11.7. The van der Waals surface area contributed by atoms with Crippen molar-refractivity contribution in [2.45, 2.75) is 23.8 Å². The molecule has 0 bridgehead atoms. The van der Waals surface area contributed by atoms with Gasteiger partial charge in [-0.1, -0.05) is 0 Å². The number of benzene rings is 1. The molecule has 19 heavy (non-hydrogen) atoms. The van der Waals surface area contributed by atoms with Crippen LogP contribution in [0.4, 0.5) is 5.69 Å². The van der Waals surface area contributed by atoms with Crippen molar-refractivity contribution < 1.29 is 23.1 Å². The Morgan fingerprint density at radius 2 is 2.26 bits per heavy atom. The average Bonchev–Trinajstić information content (AvgIpc) is 2.35. The van der Waals surface area contributed by atoms with Gasteiger partial charge in [-0.3, -0.25) is 4.79 Å². The lowest BCUT2D eigenvalue weighted by Crippen LogP contribution is -2.34. The van der Waals surface area contributed by atoms with Crippen molar-refractivity contribution in [1.82, 2.24) is 0 Å². The van der Waals surface area contributed by atoms with Gasteiger partial charge in [0.1, 0.15) is 5.75 Å². The summed E-state index contributed by atoms with van der Waals surface area (Å²) in [5.41, 5.74) is 0.502. The number of sulfone groups is 1. The molecule has 0 amide bonds. The molecule has 0 aromatic heterocycles. The van der Waals surface area contributed by atoms with Gasteiger partial charge in [-0.2, -0.15) is 0 Å². The minimum absolute atomic E-state index is 0.0569. The predicted molar refractivity (Wildman–Crippen MR) is 69.3 cm³/mol. The third-order valence-corrected chi connectivity index (χ3v) is 4.86. The molecule has 1 aromatic rings. The summed E-state index contributed by atoms with van der Waals surface area (Å²) < 4.78 is 29.3. The molecule has 0 fully saturated rings. The number of ether oxygens (including phenoxy) is 1. The van der Waals surface area contributed by atoms with Gasteiger partial charge in [-0.15, -0.1) is 0 Å².